The lowest BCUT2D eigenvalue weighted by molar-refractivity contribution is 0.101. The molecule has 0 spiro atoms. The van der Waals surface area contributed by atoms with Crippen molar-refractivity contribution in [2.75, 3.05) is 5.32 Å². The van der Waals surface area contributed by atoms with Crippen molar-refractivity contribution in [1.29, 1.82) is 0 Å². The highest BCUT2D eigenvalue weighted by atomic mass is 16.1. The maximum atomic E-state index is 12.4. The number of ketones is 1. The summed E-state index contributed by atoms with van der Waals surface area (Å²) in [6, 6.07) is 10.6. The minimum Gasteiger partial charge on any atom is -0.306 e. The Morgan fingerprint density at radius 2 is 1.92 bits per heavy atom. The van der Waals surface area contributed by atoms with Gasteiger partial charge in [0.15, 0.2) is 5.78 Å². The van der Waals surface area contributed by atoms with E-state index >= 15 is 0 Å². The molecule has 1 N–H and O–H groups in total. The molecule has 3 rings (SSSR count). The number of rotatable bonds is 4. The second kappa shape index (κ2) is 7.00. The highest BCUT2D eigenvalue weighted by Gasteiger charge is 2.13. The number of nitrogens with zero attached hydrogens (tertiary/aromatic N) is 3. The van der Waals surface area contributed by atoms with E-state index in [1.165, 1.54) is 13.1 Å². The zero-order chi connectivity index (χ0) is 17.8. The van der Waals surface area contributed by atoms with Crippen molar-refractivity contribution in [1.82, 2.24) is 15.0 Å². The monoisotopic (exact) mass is 332 g/mol. The number of aromatic nitrogens is 3. The summed E-state index contributed by atoms with van der Waals surface area (Å²) in [4.78, 5) is 36.7. The first-order valence-electron chi connectivity index (χ1n) is 7.71. The summed E-state index contributed by atoms with van der Waals surface area (Å²) >= 11 is 0. The van der Waals surface area contributed by atoms with Crippen LogP contribution in [0.15, 0.2) is 55.0 Å². The molecule has 0 aromatic carbocycles. The van der Waals surface area contributed by atoms with Crippen LogP contribution in [0.2, 0.25) is 0 Å². The van der Waals surface area contributed by atoms with E-state index in [1.54, 1.807) is 37.5 Å². The molecule has 3 aromatic rings. The molecule has 0 aliphatic carbocycles. The third-order valence-corrected chi connectivity index (χ3v) is 3.68. The molecule has 0 saturated carbocycles. The Morgan fingerprint density at radius 3 is 2.64 bits per heavy atom. The van der Waals surface area contributed by atoms with Crippen molar-refractivity contribution in [3.05, 3.63) is 71.8 Å². The first-order chi connectivity index (χ1) is 12.0. The zero-order valence-corrected chi connectivity index (χ0v) is 13.9. The summed E-state index contributed by atoms with van der Waals surface area (Å²) in [5.41, 5.74) is 2.90. The third-order valence-electron chi connectivity index (χ3n) is 3.68. The van der Waals surface area contributed by atoms with Gasteiger partial charge in [0.25, 0.3) is 5.91 Å². The van der Waals surface area contributed by atoms with Gasteiger partial charge in [-0.1, -0.05) is 6.07 Å². The Hall–Kier alpha value is -3.41. The Bertz CT molecular complexity index is 939. The van der Waals surface area contributed by atoms with Gasteiger partial charge in [-0.25, -0.2) is 4.98 Å². The molecule has 6 heteroatoms. The fourth-order valence-corrected chi connectivity index (χ4v) is 2.38. The van der Waals surface area contributed by atoms with Crippen molar-refractivity contribution in [2.24, 2.45) is 0 Å². The number of amides is 1. The van der Waals surface area contributed by atoms with Gasteiger partial charge in [-0.15, -0.1) is 0 Å². The van der Waals surface area contributed by atoms with Gasteiger partial charge in [0.2, 0.25) is 0 Å². The van der Waals surface area contributed by atoms with Gasteiger partial charge in [-0.2, -0.15) is 0 Å². The molecule has 0 bridgehead atoms. The molecule has 0 fully saturated rings. The largest absolute Gasteiger partial charge is 0.306 e. The highest BCUT2D eigenvalue weighted by Crippen LogP contribution is 2.18. The highest BCUT2D eigenvalue weighted by molar-refractivity contribution is 6.05. The van der Waals surface area contributed by atoms with Gasteiger partial charge in [0, 0.05) is 35.4 Å². The summed E-state index contributed by atoms with van der Waals surface area (Å²) in [6.07, 6.45) is 4.84. The maximum absolute atomic E-state index is 12.4. The lowest BCUT2D eigenvalue weighted by Crippen LogP contribution is -2.15. The summed E-state index contributed by atoms with van der Waals surface area (Å²) in [5.74, 6) is -0.0847. The van der Waals surface area contributed by atoms with Crippen LogP contribution in [-0.4, -0.2) is 26.6 Å². The van der Waals surface area contributed by atoms with E-state index in [9.17, 15) is 9.59 Å². The number of hydrogen-bond acceptors (Lipinski definition) is 5. The van der Waals surface area contributed by atoms with Crippen molar-refractivity contribution < 1.29 is 9.59 Å². The first kappa shape index (κ1) is 16.4. The van der Waals surface area contributed by atoms with E-state index in [0.717, 1.165) is 5.56 Å². The first-order valence-corrected chi connectivity index (χ1v) is 7.71. The number of nitrogens with one attached hydrogen (secondary N) is 1. The van der Waals surface area contributed by atoms with Crippen LogP contribution in [0.4, 0.5) is 5.82 Å². The van der Waals surface area contributed by atoms with Crippen molar-refractivity contribution in [3.8, 4) is 11.3 Å². The Balaban J connectivity index is 1.84. The Morgan fingerprint density at radius 1 is 1.08 bits per heavy atom. The van der Waals surface area contributed by atoms with Crippen LogP contribution < -0.4 is 5.32 Å². The predicted octanol–water partition coefficient (Wildman–Crippen LogP) is 3.30. The maximum Gasteiger partial charge on any atom is 0.258 e. The smallest absolute Gasteiger partial charge is 0.258 e. The van der Waals surface area contributed by atoms with Crippen molar-refractivity contribution >= 4 is 17.5 Å². The van der Waals surface area contributed by atoms with Crippen LogP contribution in [0.5, 0.6) is 0 Å². The van der Waals surface area contributed by atoms with Crippen LogP contribution in [0.3, 0.4) is 0 Å². The summed E-state index contributed by atoms with van der Waals surface area (Å²) < 4.78 is 0. The van der Waals surface area contributed by atoms with E-state index in [1.807, 2.05) is 18.2 Å². The molecule has 6 nitrogen and oxygen atoms in total. The van der Waals surface area contributed by atoms with Crippen LogP contribution in [-0.2, 0) is 0 Å². The molecule has 1 amide bonds. The normalized spacial score (nSPS) is 10.3. The van der Waals surface area contributed by atoms with Crippen LogP contribution in [0.1, 0.15) is 33.3 Å². The topological polar surface area (TPSA) is 84.8 Å². The molecule has 0 atom stereocenters. The number of hydrogen-bond donors (Lipinski definition) is 1. The fourth-order valence-electron chi connectivity index (χ4n) is 2.38. The van der Waals surface area contributed by atoms with Gasteiger partial charge in [-0.05, 0) is 44.2 Å². The quantitative estimate of drug-likeness (QED) is 0.741. The Labute approximate surface area is 145 Å². The van der Waals surface area contributed by atoms with E-state index in [2.05, 4.69) is 20.3 Å². The van der Waals surface area contributed by atoms with E-state index in [0.29, 0.717) is 28.3 Å². The second-order valence-electron chi connectivity index (χ2n) is 5.52. The van der Waals surface area contributed by atoms with Crippen LogP contribution in [0.25, 0.3) is 11.3 Å². The van der Waals surface area contributed by atoms with Crippen molar-refractivity contribution in [2.45, 2.75) is 13.8 Å². The molecular weight excluding hydrogens is 316 g/mol. The minimum absolute atomic E-state index is 0.128. The standard InChI is InChI=1S/C19H16N4O2/c1-12-16(13(2)24)9-15(11-21-12)19(25)23-18-7-3-6-17(22-18)14-5-4-8-20-10-14/h3-11H,1-2H3,(H,22,23,25). The van der Waals surface area contributed by atoms with E-state index in [-0.39, 0.29) is 11.7 Å². The minimum atomic E-state index is -0.370. The number of carbonyl (C=O) groups excluding carboxylic acids is 2. The SMILES string of the molecule is CC(=O)c1cc(C(=O)Nc2cccc(-c3cccnc3)n2)cnc1C. The number of aryl methyl sites for hydroxylation is 1. The number of carbonyl (C=O) groups is 2. The summed E-state index contributed by atoms with van der Waals surface area (Å²) in [7, 11) is 0. The van der Waals surface area contributed by atoms with Gasteiger partial charge in [-0.3, -0.25) is 19.6 Å². The van der Waals surface area contributed by atoms with Gasteiger partial charge in [0.05, 0.1) is 11.3 Å². The molecule has 0 saturated heterocycles. The van der Waals surface area contributed by atoms with Crippen molar-refractivity contribution in [3.63, 3.8) is 0 Å². The zero-order valence-electron chi connectivity index (χ0n) is 13.9. The molecule has 0 radical (unpaired) electrons. The lowest BCUT2D eigenvalue weighted by atomic mass is 10.1. The Kier molecular flexibility index (Phi) is 4.61. The predicted molar refractivity (Wildman–Crippen MR) is 94.4 cm³/mol. The average molecular weight is 332 g/mol. The third kappa shape index (κ3) is 3.74. The molecule has 3 heterocycles. The molecule has 3 aromatic heterocycles. The number of pyridine rings is 3. The fraction of sp³-hybridized carbons (Fsp3) is 0.105. The molecule has 25 heavy (non-hydrogen) atoms. The summed E-state index contributed by atoms with van der Waals surface area (Å²) in [6.45, 7) is 3.18. The average Bonchev–Trinajstić information content (AvgIpc) is 2.62. The number of anilines is 1. The second-order valence-corrected chi connectivity index (χ2v) is 5.52. The van der Waals surface area contributed by atoms with Gasteiger partial charge < -0.3 is 5.32 Å². The van der Waals surface area contributed by atoms with E-state index < -0.39 is 0 Å². The number of Topliss-reactive ketones (excluding diaryl/α,β-unsaturated/α-hetero) is 1. The van der Waals surface area contributed by atoms with Crippen LogP contribution >= 0.6 is 0 Å². The molecule has 124 valence electrons. The molecule has 0 aliphatic rings. The molecular formula is C19H16N4O2. The summed E-state index contributed by atoms with van der Waals surface area (Å²) in [5, 5.41) is 2.73. The lowest BCUT2D eigenvalue weighted by Gasteiger charge is -2.08. The van der Waals surface area contributed by atoms with Gasteiger partial charge in [0.1, 0.15) is 5.82 Å². The molecule has 0 aliphatic heterocycles. The van der Waals surface area contributed by atoms with E-state index in [4.69, 9.17) is 0 Å². The molecule has 0 unspecified atom stereocenters. The van der Waals surface area contributed by atoms with Gasteiger partial charge >= 0.3 is 0 Å². The van der Waals surface area contributed by atoms with Crippen LogP contribution in [0, 0.1) is 6.92 Å².